The first-order chi connectivity index (χ1) is 9.83. The first-order valence-corrected chi connectivity index (χ1v) is 10.8. The lowest BCUT2D eigenvalue weighted by Crippen LogP contribution is -2.22. The number of rotatable bonds is 8. The molecule has 1 rings (SSSR count). The highest BCUT2D eigenvalue weighted by Crippen LogP contribution is 2.14. The van der Waals surface area contributed by atoms with Gasteiger partial charge in [0.1, 0.15) is 12.5 Å². The second kappa shape index (κ2) is 8.00. The minimum atomic E-state index is -1.06. The Kier molecular flexibility index (Phi) is 6.65. The molecule has 0 aliphatic rings. The average molecular weight is 306 g/mol. The molecule has 0 saturated carbocycles. The largest absolute Gasteiger partial charge is 0.508 e. The fourth-order valence-corrected chi connectivity index (χ4v) is 2.42. The van der Waals surface area contributed by atoms with Crippen molar-refractivity contribution in [3.63, 3.8) is 0 Å². The molecule has 0 amide bonds. The van der Waals surface area contributed by atoms with Crippen LogP contribution in [0.2, 0.25) is 25.7 Å². The molecule has 1 heterocycles. The molecule has 0 unspecified atom stereocenters. The molecule has 0 radical (unpaired) electrons. The lowest BCUT2D eigenvalue weighted by Gasteiger charge is -2.16. The van der Waals surface area contributed by atoms with Gasteiger partial charge < -0.3 is 9.84 Å². The third kappa shape index (κ3) is 6.60. The van der Waals surface area contributed by atoms with Crippen LogP contribution in [0.4, 0.5) is 0 Å². The summed E-state index contributed by atoms with van der Waals surface area (Å²) < 4.78 is 7.55. The Morgan fingerprint density at radius 3 is 2.76 bits per heavy atom. The van der Waals surface area contributed by atoms with Gasteiger partial charge in [-0.3, -0.25) is 0 Å². The fourth-order valence-electron chi connectivity index (χ4n) is 1.66. The molecular weight excluding hydrogens is 280 g/mol. The predicted molar refractivity (Wildman–Crippen MR) is 90.9 cm³/mol. The van der Waals surface area contributed by atoms with Crippen LogP contribution in [0.15, 0.2) is 42.8 Å². The van der Waals surface area contributed by atoms with E-state index in [1.54, 1.807) is 12.3 Å². The summed E-state index contributed by atoms with van der Waals surface area (Å²) in [5, 5.41) is 13.7. The van der Waals surface area contributed by atoms with E-state index in [4.69, 9.17) is 4.74 Å². The molecule has 0 aliphatic carbocycles. The molecule has 5 heteroatoms. The molecule has 0 aromatic carbocycles. The summed E-state index contributed by atoms with van der Waals surface area (Å²) in [6, 6.07) is 3.08. The molecule has 0 spiro atoms. The first kappa shape index (κ1) is 17.5. The van der Waals surface area contributed by atoms with Gasteiger partial charge in [-0.1, -0.05) is 32.3 Å². The van der Waals surface area contributed by atoms with Crippen LogP contribution in [0.3, 0.4) is 0 Å². The van der Waals surface area contributed by atoms with Crippen molar-refractivity contribution < 1.29 is 9.84 Å². The van der Waals surface area contributed by atoms with Gasteiger partial charge in [-0.25, -0.2) is 4.68 Å². The van der Waals surface area contributed by atoms with Gasteiger partial charge in [0.15, 0.2) is 0 Å². The second-order valence-corrected chi connectivity index (χ2v) is 11.8. The maximum absolute atomic E-state index is 9.38. The number of aliphatic hydroxyl groups excluding tert-OH is 1. The predicted octanol–water partition coefficient (Wildman–Crippen LogP) is 4.23. The molecule has 0 fully saturated rings. The van der Waals surface area contributed by atoms with Gasteiger partial charge in [0.2, 0.25) is 0 Å². The van der Waals surface area contributed by atoms with Gasteiger partial charge in [0, 0.05) is 20.9 Å². The summed E-state index contributed by atoms with van der Waals surface area (Å²) in [5.74, 6) is 0.145. The fraction of sp³-hybridized carbons (Fsp3) is 0.438. The zero-order chi connectivity index (χ0) is 15.9. The number of hydrogen-bond acceptors (Lipinski definition) is 3. The van der Waals surface area contributed by atoms with E-state index in [9.17, 15) is 5.11 Å². The summed E-state index contributed by atoms with van der Waals surface area (Å²) in [6.45, 7) is 13.7. The van der Waals surface area contributed by atoms with Crippen LogP contribution in [0.25, 0.3) is 5.57 Å². The zero-order valence-electron chi connectivity index (χ0n) is 13.5. The standard InChI is InChI=1S/C16H26N2O2Si/c1-6-15(19)8-7-14(2)16-9-10-17-18(16)13-20-11-12-21(3,4)5/h6-10,19H,1,11-13H2,2-5H3. The monoisotopic (exact) mass is 306 g/mol. The Morgan fingerprint density at radius 2 is 2.14 bits per heavy atom. The van der Waals surface area contributed by atoms with Gasteiger partial charge >= 0.3 is 0 Å². The molecule has 4 nitrogen and oxygen atoms in total. The van der Waals surface area contributed by atoms with Crippen LogP contribution in [0.5, 0.6) is 0 Å². The van der Waals surface area contributed by atoms with Crippen LogP contribution in [-0.2, 0) is 11.5 Å². The van der Waals surface area contributed by atoms with E-state index >= 15 is 0 Å². The van der Waals surface area contributed by atoms with E-state index in [-0.39, 0.29) is 5.76 Å². The lowest BCUT2D eigenvalue weighted by atomic mass is 10.2. The van der Waals surface area contributed by atoms with E-state index in [0.29, 0.717) is 6.73 Å². The van der Waals surface area contributed by atoms with Gasteiger partial charge in [-0.05, 0) is 36.8 Å². The zero-order valence-corrected chi connectivity index (χ0v) is 14.5. The Balaban J connectivity index is 2.63. The van der Waals surface area contributed by atoms with Crippen molar-refractivity contribution in [2.45, 2.75) is 39.3 Å². The normalized spacial score (nSPS) is 13.5. The topological polar surface area (TPSA) is 47.3 Å². The third-order valence-electron chi connectivity index (χ3n) is 3.04. The molecule has 1 aromatic heterocycles. The Bertz CT molecular complexity index is 525. The second-order valence-electron chi connectivity index (χ2n) is 6.21. The molecule has 21 heavy (non-hydrogen) atoms. The minimum absolute atomic E-state index is 0.145. The summed E-state index contributed by atoms with van der Waals surface area (Å²) >= 11 is 0. The van der Waals surface area contributed by atoms with Gasteiger partial charge in [-0.2, -0.15) is 5.10 Å². The van der Waals surface area contributed by atoms with Crippen molar-refractivity contribution in [1.82, 2.24) is 9.78 Å². The first-order valence-electron chi connectivity index (χ1n) is 7.13. The Hall–Kier alpha value is -1.59. The third-order valence-corrected chi connectivity index (χ3v) is 4.75. The molecule has 0 atom stereocenters. The lowest BCUT2D eigenvalue weighted by molar-refractivity contribution is 0.0780. The highest BCUT2D eigenvalue weighted by atomic mass is 28.3. The number of nitrogens with zero attached hydrogens (tertiary/aromatic N) is 2. The molecule has 1 aromatic rings. The summed E-state index contributed by atoms with van der Waals surface area (Å²) in [5.41, 5.74) is 1.99. The number of aromatic nitrogens is 2. The van der Waals surface area contributed by atoms with E-state index in [0.717, 1.165) is 23.9 Å². The van der Waals surface area contributed by atoms with E-state index in [1.165, 1.54) is 6.08 Å². The van der Waals surface area contributed by atoms with Crippen molar-refractivity contribution in [3.05, 3.63) is 48.5 Å². The quantitative estimate of drug-likeness (QED) is 0.338. The van der Waals surface area contributed by atoms with Crippen LogP contribution in [-0.4, -0.2) is 29.6 Å². The summed E-state index contributed by atoms with van der Waals surface area (Å²) in [4.78, 5) is 0. The number of aliphatic hydroxyl groups is 1. The SMILES string of the molecule is C=CC(O)=CC=C(C)c1ccnn1COCC[Si](C)(C)C. The summed E-state index contributed by atoms with van der Waals surface area (Å²) in [7, 11) is -1.06. The Morgan fingerprint density at radius 1 is 1.43 bits per heavy atom. The van der Waals surface area contributed by atoms with Crippen molar-refractivity contribution in [3.8, 4) is 0 Å². The minimum Gasteiger partial charge on any atom is -0.508 e. The molecule has 116 valence electrons. The van der Waals surface area contributed by atoms with Crippen LogP contribution >= 0.6 is 0 Å². The number of ether oxygens (including phenoxy) is 1. The number of allylic oxidation sites excluding steroid dienone is 4. The van der Waals surface area contributed by atoms with Crippen molar-refractivity contribution >= 4 is 13.6 Å². The van der Waals surface area contributed by atoms with Crippen LogP contribution < -0.4 is 0 Å². The van der Waals surface area contributed by atoms with E-state index in [1.807, 2.05) is 23.7 Å². The van der Waals surface area contributed by atoms with Crippen molar-refractivity contribution in [2.24, 2.45) is 0 Å². The van der Waals surface area contributed by atoms with E-state index in [2.05, 4.69) is 31.3 Å². The molecule has 1 N–H and O–H groups in total. The van der Waals surface area contributed by atoms with Crippen molar-refractivity contribution in [2.75, 3.05) is 6.61 Å². The van der Waals surface area contributed by atoms with E-state index < -0.39 is 8.07 Å². The smallest absolute Gasteiger partial charge is 0.139 e. The molecule has 0 saturated heterocycles. The Labute approximate surface area is 128 Å². The van der Waals surface area contributed by atoms with Gasteiger partial charge in [-0.15, -0.1) is 0 Å². The maximum Gasteiger partial charge on any atom is 0.139 e. The van der Waals surface area contributed by atoms with Crippen LogP contribution in [0.1, 0.15) is 12.6 Å². The molecule has 0 aliphatic heterocycles. The maximum atomic E-state index is 9.38. The van der Waals surface area contributed by atoms with Crippen molar-refractivity contribution in [1.29, 1.82) is 0 Å². The molecular formula is C16H26N2O2Si. The van der Waals surface area contributed by atoms with Gasteiger partial charge in [0.05, 0.1) is 5.69 Å². The number of hydrogen-bond donors (Lipinski definition) is 1. The molecule has 0 bridgehead atoms. The summed E-state index contributed by atoms with van der Waals surface area (Å²) in [6.07, 6.45) is 6.62. The highest BCUT2D eigenvalue weighted by molar-refractivity contribution is 6.76. The average Bonchev–Trinajstić information content (AvgIpc) is 2.88. The van der Waals surface area contributed by atoms with Crippen LogP contribution in [0, 0.1) is 0 Å². The van der Waals surface area contributed by atoms with Gasteiger partial charge in [0.25, 0.3) is 0 Å². The highest BCUT2D eigenvalue weighted by Gasteiger charge is 2.12.